The van der Waals surface area contributed by atoms with E-state index in [2.05, 4.69) is 34.8 Å². The lowest BCUT2D eigenvalue weighted by molar-refractivity contribution is -0.248. The van der Waals surface area contributed by atoms with Gasteiger partial charge in [-0.15, -0.1) is 0 Å². The zero-order valence-corrected chi connectivity index (χ0v) is 62.2. The van der Waals surface area contributed by atoms with Gasteiger partial charge in [-0.05, 0) is 159 Å². The van der Waals surface area contributed by atoms with Gasteiger partial charge in [-0.25, -0.2) is 24.4 Å². The molecule has 4 saturated carbocycles. The lowest BCUT2D eigenvalue weighted by Gasteiger charge is -2.69. The Labute approximate surface area is 625 Å². The van der Waals surface area contributed by atoms with Crippen molar-refractivity contribution in [1.29, 1.82) is 0 Å². The molecule has 0 radical (unpaired) electrons. The van der Waals surface area contributed by atoms with Gasteiger partial charge >= 0.3 is 18.1 Å². The van der Waals surface area contributed by atoms with Gasteiger partial charge in [0, 0.05) is 106 Å². The van der Waals surface area contributed by atoms with Gasteiger partial charge in [0.1, 0.15) is 30.4 Å². The molecule has 0 spiro atoms. The maximum absolute atomic E-state index is 14.2. The van der Waals surface area contributed by atoms with Gasteiger partial charge in [0.15, 0.2) is 16.6 Å². The van der Waals surface area contributed by atoms with Gasteiger partial charge < -0.3 is 61.2 Å². The topological polar surface area (TPSA) is 389 Å². The molecule has 2 aliphatic heterocycles. The minimum atomic E-state index is -1.70. The molecule has 5 heterocycles. The number of imide groups is 1. The average molecular weight is 1490 g/mol. The summed E-state index contributed by atoms with van der Waals surface area (Å²) in [6.45, 7) is 11.1. The molecule has 6 aliphatic rings. The first-order valence-corrected chi connectivity index (χ1v) is 37.8. The van der Waals surface area contributed by atoms with Crippen LogP contribution in [0.2, 0.25) is 0 Å². The van der Waals surface area contributed by atoms with Gasteiger partial charge in [-0.1, -0.05) is 94.0 Å². The maximum Gasteiger partial charge on any atom is 0.410 e. The number of fused-ring (bicyclic) bond motifs is 2. The quantitative estimate of drug-likeness (QED) is 0.0130. The lowest BCUT2D eigenvalue weighted by Crippen LogP contribution is -2.64. The van der Waals surface area contributed by atoms with E-state index in [4.69, 9.17) is 25.3 Å². The molecule has 6 aromatic rings. The van der Waals surface area contributed by atoms with Gasteiger partial charge in [0.05, 0.1) is 47.4 Å². The summed E-state index contributed by atoms with van der Waals surface area (Å²) in [5.41, 5.74) is 10.3. The number of thiazole rings is 1. The Kier molecular flexibility index (Phi) is 24.9. The van der Waals surface area contributed by atoms with Crippen molar-refractivity contribution in [3.05, 3.63) is 136 Å². The number of carbonyl (C=O) groups excluding carboxylic acids is 8. The first-order valence-electron chi connectivity index (χ1n) is 37.0. The van der Waals surface area contributed by atoms with Crippen molar-refractivity contribution in [3.8, 4) is 11.1 Å². The number of carboxylic acids is 1. The predicted octanol–water partition coefficient (Wildman–Crippen LogP) is 8.38. The number of amides is 7. The van der Waals surface area contributed by atoms with Crippen LogP contribution in [-0.2, 0) is 66.0 Å². The van der Waals surface area contributed by atoms with Crippen LogP contribution in [0, 0.1) is 35.0 Å². The van der Waals surface area contributed by atoms with Gasteiger partial charge in [0.2, 0.25) is 5.91 Å². The van der Waals surface area contributed by atoms with E-state index in [-0.39, 0.29) is 129 Å². The number of aromatic nitrogens is 4. The Hall–Kier alpha value is -9.32. The number of hydrogen-bond donors (Lipinski definition) is 9. The Bertz CT molecular complexity index is 4260. The third-order valence-electron chi connectivity index (χ3n) is 21.9. The van der Waals surface area contributed by atoms with Crippen molar-refractivity contribution in [3.63, 3.8) is 0 Å². The molecule has 107 heavy (non-hydrogen) atoms. The van der Waals surface area contributed by atoms with Gasteiger partial charge in [0.25, 0.3) is 17.7 Å². The number of pyridine rings is 1. The molecule has 4 fully saturated rings. The highest BCUT2D eigenvalue weighted by Crippen LogP contribution is 2.72. The van der Waals surface area contributed by atoms with E-state index >= 15 is 0 Å². The van der Waals surface area contributed by atoms with Crippen LogP contribution in [0.3, 0.4) is 0 Å². The molecule has 2 unspecified atom stereocenters. The number of nitrogens with zero attached hydrogens (tertiary/aromatic N) is 7. The van der Waals surface area contributed by atoms with E-state index in [0.29, 0.717) is 96.9 Å². The number of carbonyl (C=O) groups is 9. The fourth-order valence-corrected chi connectivity index (χ4v) is 18.6. The second-order valence-electron chi connectivity index (χ2n) is 31.1. The number of aliphatic hydroxyl groups excluding tert-OH is 4. The summed E-state index contributed by atoms with van der Waals surface area (Å²) >= 11 is 1.40. The molecule has 4 aliphatic carbocycles. The van der Waals surface area contributed by atoms with Crippen LogP contribution in [0.1, 0.15) is 166 Å². The number of nitrogens with one attached hydrogen (secondary N) is 3. The van der Waals surface area contributed by atoms with Crippen molar-refractivity contribution in [1.82, 2.24) is 40.2 Å². The van der Waals surface area contributed by atoms with Crippen molar-refractivity contribution < 1.29 is 78.2 Å². The number of unbranched alkanes of at least 4 members (excludes halogenated alkanes) is 2. The second kappa shape index (κ2) is 33.9. The normalized spacial score (nSPS) is 21.4. The van der Waals surface area contributed by atoms with Crippen molar-refractivity contribution >= 4 is 85.8 Å². The highest BCUT2D eigenvalue weighted by Gasteiger charge is 2.66. The average Bonchev–Trinajstić information content (AvgIpc) is 1.20. The smallest absolute Gasteiger partial charge is 0.410 e. The first kappa shape index (κ1) is 78.7. The molecule has 10 N–H and O–H groups in total. The number of carboxylic acid groups (broad SMARTS) is 1. The molecular weight excluding hydrogens is 1390 g/mol. The number of aliphatic hydroxyl groups is 4. The van der Waals surface area contributed by atoms with Crippen LogP contribution in [0.4, 0.5) is 20.5 Å². The number of ether oxygens (including phenoxy) is 2. The number of hydrogen-bond acceptors (Lipinski definition) is 20. The van der Waals surface area contributed by atoms with Crippen LogP contribution >= 0.6 is 11.3 Å². The Morgan fingerprint density at radius 3 is 2.22 bits per heavy atom. The van der Waals surface area contributed by atoms with Crippen LogP contribution in [0.15, 0.2) is 97.2 Å². The standard InChI is InChI=1S/C79H99N11O16S/c1-48(2)56(36-53(92)14-7-6-10-30-89-66(96)25-26-67(89)97)71(100)83-59(17-12-29-81-73(80)103)62(94)35-50-19-21-51(22-20-50)40-105-75(104)87(32-28-61(93)69(98)63(95)39-91)33-34-106-79-44-76(4)41-77(5,45-79)43-78(42-76,46-79)47-90-49(3)57(37-82-90)54-23-24-65(85-68(54)72(101)102)88-31-27-52-13-11-15-55(58(52)38-88)70(99)86-74-84-60-16-8-9-18-64(60)107-74/h8-9,11,13,15-16,18-26,37,48,56,59,61,63,69,91,93,95,98H,6-7,10,12,14,17,27-36,38-47H2,1-5H3,(H,83,100)(H,101,102)(H3,80,81,103)(H,84,86,99)/t56-,59-,61-,63-,69+,76?,77?,78?,79?/m1/s1. The van der Waals surface area contributed by atoms with E-state index < -0.39 is 66.5 Å². The van der Waals surface area contributed by atoms with Crippen LogP contribution in [0.25, 0.3) is 21.3 Å². The molecule has 7 atom stereocenters. The molecule has 7 amide bonds. The third-order valence-corrected chi connectivity index (χ3v) is 22.9. The summed E-state index contributed by atoms with van der Waals surface area (Å²) in [6.07, 6.45) is 6.24. The van der Waals surface area contributed by atoms with Crippen LogP contribution < -0.4 is 26.6 Å². The van der Waals surface area contributed by atoms with Crippen molar-refractivity contribution in [2.24, 2.45) is 33.8 Å². The number of aromatic carboxylic acids is 1. The molecule has 0 saturated heterocycles. The predicted molar refractivity (Wildman–Crippen MR) is 399 cm³/mol. The van der Waals surface area contributed by atoms with E-state index in [0.717, 1.165) is 64.0 Å². The number of nitrogens with two attached hydrogens (primary N) is 1. The van der Waals surface area contributed by atoms with Crippen LogP contribution in [-0.4, -0.2) is 184 Å². The Balaban J connectivity index is 0.716. The summed E-state index contributed by atoms with van der Waals surface area (Å²) in [6, 6.07) is 22.1. The van der Waals surface area contributed by atoms with Crippen molar-refractivity contribution in [2.75, 3.05) is 56.2 Å². The number of Topliss-reactive ketones (excluding diaryl/α,β-unsaturated/α-hetero) is 2. The summed E-state index contributed by atoms with van der Waals surface area (Å²) in [5, 5.41) is 65.9. The van der Waals surface area contributed by atoms with Crippen LogP contribution in [0.5, 0.6) is 0 Å². The lowest BCUT2D eigenvalue weighted by atomic mass is 9.39. The molecule has 3 aromatic carbocycles. The monoisotopic (exact) mass is 1490 g/mol. The number of ketones is 2. The minimum absolute atomic E-state index is 0.0282. The molecule has 27 nitrogen and oxygen atoms in total. The van der Waals surface area contributed by atoms with E-state index in [1.807, 2.05) is 72.8 Å². The maximum atomic E-state index is 14.2. The van der Waals surface area contributed by atoms with E-state index in [1.165, 1.54) is 28.4 Å². The molecular formula is C79H99N11O16S. The highest BCUT2D eigenvalue weighted by molar-refractivity contribution is 7.22. The fraction of sp³-hybridized carbons (Fsp3) is 0.519. The Morgan fingerprint density at radius 1 is 0.794 bits per heavy atom. The fourth-order valence-electron chi connectivity index (χ4n) is 17.7. The van der Waals surface area contributed by atoms with Crippen molar-refractivity contribution in [2.45, 2.75) is 187 Å². The van der Waals surface area contributed by atoms with Gasteiger partial charge in [-0.3, -0.25) is 43.7 Å². The number of primary amides is 1. The van der Waals surface area contributed by atoms with E-state index in [1.54, 1.807) is 42.6 Å². The summed E-state index contributed by atoms with van der Waals surface area (Å²) in [4.78, 5) is 132. The number of para-hydroxylation sites is 1. The first-order chi connectivity index (χ1) is 51.0. The highest BCUT2D eigenvalue weighted by atomic mass is 32.1. The largest absolute Gasteiger partial charge is 0.476 e. The summed E-state index contributed by atoms with van der Waals surface area (Å²) < 4.78 is 15.9. The number of urea groups is 1. The Morgan fingerprint density at radius 2 is 1.52 bits per heavy atom. The molecule has 3 aromatic heterocycles. The number of benzene rings is 3. The minimum Gasteiger partial charge on any atom is -0.476 e. The second-order valence-corrected chi connectivity index (χ2v) is 32.1. The SMILES string of the molecule is Cc1c(-c2ccc(N3CCc4cccc(C(=O)Nc5nc6ccccc6s5)c4C3)nc2C(=O)O)cnn1CC12CC3(C)CC(C)(C1)CC(OCCN(CC[C@@H](O)[C@H](O)[C@H](O)CO)C(=O)OCc1ccc(CC(=O)[C@@H](CCCNC(N)=O)NC(=O)[C@H](CC(=O)CCCCCN4C(=O)C=CC4=O)C(C)C)cc1)(C3)C2. The molecule has 572 valence electrons. The molecule has 12 rings (SSSR count). The van der Waals surface area contributed by atoms with Gasteiger partial charge in [-0.2, -0.15) is 5.10 Å². The van der Waals surface area contributed by atoms with E-state index in [9.17, 15) is 68.7 Å². The molecule has 4 bridgehead atoms. The molecule has 28 heteroatoms. The number of anilines is 2. The summed E-state index contributed by atoms with van der Waals surface area (Å²) in [5.74, 6) is -3.63. The third kappa shape index (κ3) is 19.2. The summed E-state index contributed by atoms with van der Waals surface area (Å²) in [7, 11) is 0. The number of rotatable bonds is 37. The zero-order valence-electron chi connectivity index (χ0n) is 61.4. The zero-order chi connectivity index (χ0) is 76.5.